The summed E-state index contributed by atoms with van der Waals surface area (Å²) in [5, 5.41) is 3.30. The summed E-state index contributed by atoms with van der Waals surface area (Å²) < 4.78 is 0. The molecule has 0 radical (unpaired) electrons. The minimum Gasteiger partial charge on any atom is -0.384 e. The van der Waals surface area contributed by atoms with Crippen LogP contribution >= 0.6 is 0 Å². The predicted octanol–water partition coefficient (Wildman–Crippen LogP) is 2.96. The molecule has 0 bridgehead atoms. The molecule has 1 aromatic rings. The highest BCUT2D eigenvalue weighted by Crippen LogP contribution is 2.21. The summed E-state index contributed by atoms with van der Waals surface area (Å²) in [6.45, 7) is 9.39. The molecule has 0 saturated carbocycles. The Hall–Kier alpha value is -1.32. The van der Waals surface area contributed by atoms with Crippen LogP contribution in [0.4, 0.5) is 11.6 Å². The fourth-order valence-corrected chi connectivity index (χ4v) is 1.48. The molecule has 17 heavy (non-hydrogen) atoms. The number of nitrogens with one attached hydrogen (secondary N) is 1. The average molecular weight is 236 g/mol. The Balaban J connectivity index is 2.69. The number of aromatic nitrogens is 2. The van der Waals surface area contributed by atoms with Crippen LogP contribution in [-0.4, -0.2) is 16.5 Å². The highest BCUT2D eigenvalue weighted by molar-refractivity contribution is 5.45. The first-order chi connectivity index (χ1) is 7.93. The van der Waals surface area contributed by atoms with Crippen LogP contribution in [0, 0.1) is 0 Å². The second-order valence-electron chi connectivity index (χ2n) is 5.39. The molecule has 0 spiro atoms. The normalized spacial score (nSPS) is 11.5. The molecule has 96 valence electrons. The lowest BCUT2D eigenvalue weighted by atomic mass is 9.96. The van der Waals surface area contributed by atoms with E-state index in [4.69, 9.17) is 5.73 Å². The van der Waals surface area contributed by atoms with Crippen molar-refractivity contribution < 1.29 is 0 Å². The minimum absolute atomic E-state index is 0.0742. The van der Waals surface area contributed by atoms with E-state index in [0.29, 0.717) is 5.82 Å². The van der Waals surface area contributed by atoms with E-state index in [1.54, 1.807) is 6.07 Å². The maximum Gasteiger partial charge on any atom is 0.138 e. The number of rotatable bonds is 5. The summed E-state index contributed by atoms with van der Waals surface area (Å²) in [4.78, 5) is 8.78. The van der Waals surface area contributed by atoms with Crippen molar-refractivity contribution in [2.24, 2.45) is 0 Å². The van der Waals surface area contributed by atoms with Crippen LogP contribution in [0.1, 0.15) is 52.8 Å². The van der Waals surface area contributed by atoms with E-state index in [0.717, 1.165) is 24.6 Å². The first-order valence-electron chi connectivity index (χ1n) is 6.32. The van der Waals surface area contributed by atoms with Crippen molar-refractivity contribution in [3.8, 4) is 0 Å². The van der Waals surface area contributed by atoms with Gasteiger partial charge in [0.1, 0.15) is 17.5 Å². The molecule has 0 aromatic carbocycles. The standard InChI is InChI=1S/C13H24N4/c1-5-6-7-8-15-11-9-10(14)16-12(17-11)13(2,3)4/h9H,5-8H2,1-4H3,(H3,14,15,16,17). The Labute approximate surface area is 104 Å². The van der Waals surface area contributed by atoms with Gasteiger partial charge in [0.2, 0.25) is 0 Å². The van der Waals surface area contributed by atoms with Gasteiger partial charge in [-0.25, -0.2) is 9.97 Å². The van der Waals surface area contributed by atoms with E-state index in [2.05, 4.69) is 43.0 Å². The van der Waals surface area contributed by atoms with Crippen molar-refractivity contribution >= 4 is 11.6 Å². The number of unbranched alkanes of at least 4 members (excludes halogenated alkanes) is 2. The lowest BCUT2D eigenvalue weighted by Crippen LogP contribution is -2.18. The van der Waals surface area contributed by atoms with Gasteiger partial charge in [-0.15, -0.1) is 0 Å². The molecule has 0 aliphatic carbocycles. The molecule has 1 aromatic heterocycles. The number of nitrogens with zero attached hydrogens (tertiary/aromatic N) is 2. The minimum atomic E-state index is -0.0742. The van der Waals surface area contributed by atoms with Gasteiger partial charge in [-0.3, -0.25) is 0 Å². The summed E-state index contributed by atoms with van der Waals surface area (Å²) >= 11 is 0. The summed E-state index contributed by atoms with van der Waals surface area (Å²) in [5.41, 5.74) is 5.72. The van der Waals surface area contributed by atoms with Gasteiger partial charge in [-0.1, -0.05) is 40.5 Å². The van der Waals surface area contributed by atoms with Gasteiger partial charge >= 0.3 is 0 Å². The van der Waals surface area contributed by atoms with Gasteiger partial charge in [-0.2, -0.15) is 0 Å². The molecule has 4 nitrogen and oxygen atoms in total. The molecule has 0 aliphatic rings. The van der Waals surface area contributed by atoms with Crippen LogP contribution < -0.4 is 11.1 Å². The third-order valence-electron chi connectivity index (χ3n) is 2.50. The number of anilines is 2. The van der Waals surface area contributed by atoms with E-state index in [-0.39, 0.29) is 5.41 Å². The van der Waals surface area contributed by atoms with Crippen LogP contribution in [0.3, 0.4) is 0 Å². The van der Waals surface area contributed by atoms with E-state index in [9.17, 15) is 0 Å². The van der Waals surface area contributed by atoms with Gasteiger partial charge in [0.05, 0.1) is 0 Å². The summed E-state index contributed by atoms with van der Waals surface area (Å²) in [6.07, 6.45) is 3.62. The third kappa shape index (κ3) is 4.59. The van der Waals surface area contributed by atoms with Gasteiger partial charge in [-0.05, 0) is 6.42 Å². The van der Waals surface area contributed by atoms with Crippen molar-refractivity contribution in [3.05, 3.63) is 11.9 Å². The zero-order valence-electron chi connectivity index (χ0n) is 11.4. The maximum atomic E-state index is 5.80. The molecule has 0 amide bonds. The van der Waals surface area contributed by atoms with Crippen molar-refractivity contribution in [2.75, 3.05) is 17.6 Å². The zero-order valence-corrected chi connectivity index (χ0v) is 11.4. The van der Waals surface area contributed by atoms with E-state index in [1.165, 1.54) is 12.8 Å². The summed E-state index contributed by atoms with van der Waals surface area (Å²) in [6, 6.07) is 1.79. The van der Waals surface area contributed by atoms with Gasteiger partial charge < -0.3 is 11.1 Å². The van der Waals surface area contributed by atoms with Crippen molar-refractivity contribution in [3.63, 3.8) is 0 Å². The fourth-order valence-electron chi connectivity index (χ4n) is 1.48. The largest absolute Gasteiger partial charge is 0.384 e. The first-order valence-corrected chi connectivity index (χ1v) is 6.32. The van der Waals surface area contributed by atoms with Crippen LogP contribution in [0.25, 0.3) is 0 Å². The highest BCUT2D eigenvalue weighted by atomic mass is 15.1. The van der Waals surface area contributed by atoms with Crippen LogP contribution in [0.5, 0.6) is 0 Å². The lowest BCUT2D eigenvalue weighted by molar-refractivity contribution is 0.547. The van der Waals surface area contributed by atoms with E-state index < -0.39 is 0 Å². The molecule has 0 aliphatic heterocycles. The van der Waals surface area contributed by atoms with E-state index >= 15 is 0 Å². The van der Waals surface area contributed by atoms with Gasteiger partial charge in [0.15, 0.2) is 0 Å². The highest BCUT2D eigenvalue weighted by Gasteiger charge is 2.18. The number of nitrogens with two attached hydrogens (primary N) is 1. The third-order valence-corrected chi connectivity index (χ3v) is 2.50. The average Bonchev–Trinajstić information content (AvgIpc) is 2.22. The molecule has 1 rings (SSSR count). The van der Waals surface area contributed by atoms with E-state index in [1.807, 2.05) is 0 Å². The Bertz CT molecular complexity index is 355. The molecular formula is C13H24N4. The maximum absolute atomic E-state index is 5.80. The van der Waals surface area contributed by atoms with Crippen LogP contribution in [0.2, 0.25) is 0 Å². The molecule has 0 saturated heterocycles. The Morgan fingerprint density at radius 3 is 2.53 bits per heavy atom. The Morgan fingerprint density at radius 1 is 1.24 bits per heavy atom. The quantitative estimate of drug-likeness (QED) is 0.771. The van der Waals surface area contributed by atoms with Gasteiger partial charge in [0.25, 0.3) is 0 Å². The fraction of sp³-hybridized carbons (Fsp3) is 0.692. The molecule has 3 N–H and O–H groups in total. The lowest BCUT2D eigenvalue weighted by Gasteiger charge is -2.18. The monoisotopic (exact) mass is 236 g/mol. The smallest absolute Gasteiger partial charge is 0.138 e. The summed E-state index contributed by atoms with van der Waals surface area (Å²) in [7, 11) is 0. The number of hydrogen-bond acceptors (Lipinski definition) is 4. The predicted molar refractivity (Wildman–Crippen MR) is 73.2 cm³/mol. The second kappa shape index (κ2) is 5.84. The number of nitrogen functional groups attached to an aromatic ring is 1. The molecule has 0 unspecified atom stereocenters. The first kappa shape index (κ1) is 13.7. The molecule has 0 atom stereocenters. The van der Waals surface area contributed by atoms with Crippen molar-refractivity contribution in [1.82, 2.24) is 9.97 Å². The topological polar surface area (TPSA) is 63.8 Å². The van der Waals surface area contributed by atoms with Crippen molar-refractivity contribution in [2.45, 2.75) is 52.4 Å². The Morgan fingerprint density at radius 2 is 1.94 bits per heavy atom. The number of hydrogen-bond donors (Lipinski definition) is 2. The molecule has 0 fully saturated rings. The second-order valence-corrected chi connectivity index (χ2v) is 5.39. The Kier molecular flexibility index (Phi) is 4.73. The molecular weight excluding hydrogens is 212 g/mol. The van der Waals surface area contributed by atoms with Crippen molar-refractivity contribution in [1.29, 1.82) is 0 Å². The zero-order chi connectivity index (χ0) is 12.9. The van der Waals surface area contributed by atoms with Gasteiger partial charge in [0, 0.05) is 18.0 Å². The van der Waals surface area contributed by atoms with Crippen LogP contribution in [-0.2, 0) is 5.41 Å². The summed E-state index contributed by atoms with van der Waals surface area (Å²) in [5.74, 6) is 2.15. The van der Waals surface area contributed by atoms with Crippen LogP contribution in [0.15, 0.2) is 6.07 Å². The molecule has 1 heterocycles. The molecule has 4 heteroatoms. The SMILES string of the molecule is CCCCCNc1cc(N)nc(C(C)(C)C)n1.